The largest absolute Gasteiger partial charge is 0.737 e. The van der Waals surface area contributed by atoms with E-state index < -0.39 is 39.8 Å². The second-order valence-electron chi connectivity index (χ2n) is 18.4. The fraction of sp³-hybridized carbons (Fsp3) is 0.540. The molecule has 0 amide bonds. The molecule has 2 aliphatic rings. The standard InChI is InChI=1S/C50H71BF2N3O8P/c1-5-6-7-8-9-10-11-12-13-14-15-16-23-31-49(57)61-39-45(40-63-65(59,60)62-36-35-56(2,3)4)64-50(58)32-25-24-30-43-33-34-44-37-48-46(41-26-19-17-20-27-41)38-47(42-28-21-18-22-29-42)55(48)51(52,53)54(43)44/h17-22,26-29,33-34,37-38,45H,5-16,23-25,30-32,35-36,39-40H2,1-4H3/q+1/t45-/m1/s1. The van der Waals surface area contributed by atoms with Crippen molar-refractivity contribution in [3.63, 3.8) is 0 Å². The minimum Gasteiger partial charge on any atom is -0.603 e. The zero-order chi connectivity index (χ0) is 46.7. The molecule has 1 radical (unpaired) electrons. The first-order valence-electron chi connectivity index (χ1n) is 23.9. The van der Waals surface area contributed by atoms with Crippen molar-refractivity contribution in [2.75, 3.05) is 47.5 Å². The van der Waals surface area contributed by atoms with E-state index in [9.17, 15) is 19.4 Å². The average molecular weight is 922 g/mol. The first-order chi connectivity index (χ1) is 31.2. The average Bonchev–Trinajstić information content (AvgIpc) is 3.88. The molecular formula is C50H71BF2N3O8P+. The number of allylic oxidation sites excluding steroid dienone is 2. The Bertz CT molecular complexity index is 2050. The fourth-order valence-corrected chi connectivity index (χ4v) is 9.01. The van der Waals surface area contributed by atoms with Crippen molar-refractivity contribution in [2.24, 2.45) is 0 Å². The van der Waals surface area contributed by atoms with Gasteiger partial charge in [0.15, 0.2) is 17.5 Å². The third kappa shape index (κ3) is 16.7. The van der Waals surface area contributed by atoms with Gasteiger partial charge in [0.2, 0.25) is 0 Å². The second-order valence-corrected chi connectivity index (χ2v) is 19.8. The number of carbonyl (C=O) groups is 2. The van der Waals surface area contributed by atoms with E-state index in [0.29, 0.717) is 58.7 Å². The third-order valence-electron chi connectivity index (χ3n) is 11.9. The maximum absolute atomic E-state index is 16.9. The number of likely N-dealkylation sites (N-methyl/N-ethyl adjacent to an activating group) is 1. The van der Waals surface area contributed by atoms with Gasteiger partial charge in [0.05, 0.1) is 26.7 Å². The Morgan fingerprint density at radius 1 is 0.723 bits per heavy atom. The van der Waals surface area contributed by atoms with Gasteiger partial charge in [-0.15, -0.1) is 0 Å². The molecule has 11 nitrogen and oxygen atoms in total. The molecule has 2 aliphatic heterocycles. The highest BCUT2D eigenvalue weighted by Gasteiger charge is 2.54. The minimum absolute atomic E-state index is 0.0694. The molecule has 15 heteroatoms. The van der Waals surface area contributed by atoms with Crippen molar-refractivity contribution in [3.05, 3.63) is 107 Å². The van der Waals surface area contributed by atoms with Gasteiger partial charge in [0.1, 0.15) is 26.4 Å². The van der Waals surface area contributed by atoms with Crippen LogP contribution in [0.15, 0.2) is 84.6 Å². The van der Waals surface area contributed by atoms with Crippen molar-refractivity contribution in [1.29, 1.82) is 0 Å². The predicted octanol–water partition coefficient (Wildman–Crippen LogP) is 10.5. The summed E-state index contributed by atoms with van der Waals surface area (Å²) in [5.74, 6) is -1.13. The van der Waals surface area contributed by atoms with Crippen molar-refractivity contribution >= 4 is 44.4 Å². The van der Waals surface area contributed by atoms with Crippen LogP contribution in [0.25, 0.3) is 11.6 Å². The number of rotatable bonds is 31. The molecule has 0 saturated carbocycles. The van der Waals surface area contributed by atoms with Crippen molar-refractivity contribution in [3.8, 4) is 0 Å². The normalized spacial score (nSPS) is 15.8. The highest BCUT2D eigenvalue weighted by molar-refractivity contribution is 7.52. The number of aromatic nitrogens is 1. The van der Waals surface area contributed by atoms with E-state index in [1.807, 2.05) is 87.9 Å². The summed E-state index contributed by atoms with van der Waals surface area (Å²) < 4.78 is 57.7. The minimum atomic E-state index is -4.76. The molecule has 0 saturated heterocycles. The van der Waals surface area contributed by atoms with Crippen LogP contribution < -0.4 is 4.89 Å². The van der Waals surface area contributed by atoms with Crippen LogP contribution in [0.2, 0.25) is 0 Å². The smallest absolute Gasteiger partial charge is 0.603 e. The first kappa shape index (κ1) is 51.9. The van der Waals surface area contributed by atoms with Crippen LogP contribution in [-0.2, 0) is 39.4 Å². The molecule has 1 atom stereocenters. The lowest BCUT2D eigenvalue weighted by atomic mass is 9.88. The number of hydrogen-bond donors (Lipinski definition) is 0. The molecule has 0 aliphatic carbocycles. The number of aryl methyl sites for hydroxylation is 1. The summed E-state index contributed by atoms with van der Waals surface area (Å²) in [6.07, 6.45) is 18.9. The monoisotopic (exact) mass is 922 g/mol. The number of esters is 2. The third-order valence-corrected chi connectivity index (χ3v) is 12.8. The zero-order valence-electron chi connectivity index (χ0n) is 39.1. The number of quaternary nitrogens is 1. The predicted molar refractivity (Wildman–Crippen MR) is 252 cm³/mol. The second kappa shape index (κ2) is 25.8. The molecule has 0 spiro atoms. The van der Waals surface area contributed by atoms with E-state index >= 15 is 8.63 Å². The maximum Gasteiger partial charge on any atom is 0.737 e. The Morgan fingerprint density at radius 2 is 1.29 bits per heavy atom. The number of nitrogens with zero attached hydrogens (tertiary/aromatic N) is 3. The summed E-state index contributed by atoms with van der Waals surface area (Å²) in [7, 11) is 0.923. The number of ether oxygens (including phenoxy) is 2. The lowest BCUT2D eigenvalue weighted by Crippen LogP contribution is -2.51. The molecule has 1 aromatic heterocycles. The molecule has 0 bridgehead atoms. The first-order valence-corrected chi connectivity index (χ1v) is 25.3. The summed E-state index contributed by atoms with van der Waals surface area (Å²) in [4.78, 5) is 50.9. The molecule has 0 N–H and O–H groups in total. The lowest BCUT2D eigenvalue weighted by Gasteiger charge is -2.31. The van der Waals surface area contributed by atoms with Gasteiger partial charge >= 0.3 is 27.1 Å². The Balaban J connectivity index is 1.12. The topological polar surface area (TPSA) is 122 Å². The van der Waals surface area contributed by atoms with E-state index in [1.165, 1.54) is 57.8 Å². The van der Waals surface area contributed by atoms with Crippen molar-refractivity contribution in [2.45, 2.75) is 129 Å². The van der Waals surface area contributed by atoms with Crippen LogP contribution in [0.1, 0.15) is 139 Å². The van der Waals surface area contributed by atoms with Gasteiger partial charge < -0.3 is 36.4 Å². The van der Waals surface area contributed by atoms with E-state index in [1.54, 1.807) is 18.2 Å². The van der Waals surface area contributed by atoms with Crippen LogP contribution >= 0.6 is 8.17 Å². The summed E-state index contributed by atoms with van der Waals surface area (Å²) >= 11 is 0. The molecule has 65 heavy (non-hydrogen) atoms. The zero-order valence-corrected chi connectivity index (χ0v) is 40.0. The van der Waals surface area contributed by atoms with Gasteiger partial charge in [0, 0.05) is 41.1 Å². The van der Waals surface area contributed by atoms with Crippen molar-refractivity contribution in [1.82, 2.24) is 4.48 Å². The van der Waals surface area contributed by atoms with Gasteiger partial charge in [-0.25, -0.2) is 0 Å². The van der Waals surface area contributed by atoms with Crippen LogP contribution in [0, 0.1) is 0 Å². The van der Waals surface area contributed by atoms with E-state index in [4.69, 9.17) is 18.5 Å². The number of hydrogen-bond acceptors (Lipinski definition) is 7. The number of fused-ring (bicyclic) bond motifs is 2. The SMILES string of the molecule is CCCCCCCCCCCCCCCC(=O)OC[C@H](CO[P+]([O])([O-])OCC[N+](C)(C)C)OC(=O)CCCCc1ccc2n1[B-](F)(F)[N+]1=C(c3ccccc3)C=C(c3ccccc3)C1=C2. The number of carbonyl (C=O) groups excluding carboxylic acids is 2. The summed E-state index contributed by atoms with van der Waals surface area (Å²) in [6, 6.07) is 22.1. The van der Waals surface area contributed by atoms with Gasteiger partial charge in [-0.2, -0.15) is 9.05 Å². The Hall–Kier alpha value is -4.04. The Kier molecular flexibility index (Phi) is 20.6. The van der Waals surface area contributed by atoms with E-state index in [2.05, 4.69) is 6.92 Å². The maximum atomic E-state index is 16.9. The Morgan fingerprint density at radius 3 is 1.91 bits per heavy atom. The van der Waals surface area contributed by atoms with Gasteiger partial charge in [-0.3, -0.25) is 9.59 Å². The van der Waals surface area contributed by atoms with Crippen molar-refractivity contribution < 1.29 is 55.5 Å². The molecule has 0 unspecified atom stereocenters. The van der Waals surface area contributed by atoms with Crippen LogP contribution in [-0.4, -0.2) is 91.7 Å². The summed E-state index contributed by atoms with van der Waals surface area (Å²) in [6.45, 7) is -2.74. The molecular weight excluding hydrogens is 850 g/mol. The number of unbranched alkanes of at least 4 members (excludes halogenated alkanes) is 13. The number of benzene rings is 2. The highest BCUT2D eigenvalue weighted by atomic mass is 31.2. The number of halogens is 2. The van der Waals surface area contributed by atoms with E-state index in [-0.39, 0.29) is 32.5 Å². The molecule has 3 heterocycles. The lowest BCUT2D eigenvalue weighted by molar-refractivity contribution is -0.870. The Labute approximate surface area is 386 Å². The van der Waals surface area contributed by atoms with Crippen LogP contribution in [0.5, 0.6) is 0 Å². The fourth-order valence-electron chi connectivity index (χ4n) is 8.29. The molecule has 3 aromatic rings. The van der Waals surface area contributed by atoms with Gasteiger partial charge in [0.25, 0.3) is 0 Å². The van der Waals surface area contributed by atoms with E-state index in [0.717, 1.165) is 39.4 Å². The summed E-state index contributed by atoms with van der Waals surface area (Å²) in [5.41, 5.74) is 3.94. The summed E-state index contributed by atoms with van der Waals surface area (Å²) in [5, 5.41) is 0. The molecule has 5 rings (SSSR count). The van der Waals surface area contributed by atoms with Crippen LogP contribution in [0.4, 0.5) is 8.63 Å². The quantitative estimate of drug-likeness (QED) is 0.0207. The van der Waals surface area contributed by atoms with Gasteiger partial charge in [-0.1, -0.05) is 133 Å². The van der Waals surface area contributed by atoms with Crippen LogP contribution in [0.3, 0.4) is 0 Å². The molecule has 2 aromatic carbocycles. The highest BCUT2D eigenvalue weighted by Crippen LogP contribution is 2.49. The molecule has 0 fully saturated rings. The molecule has 355 valence electrons. The van der Waals surface area contributed by atoms with Gasteiger partial charge in [-0.05, 0) is 61.2 Å².